The van der Waals surface area contributed by atoms with Gasteiger partial charge in [-0.2, -0.15) is 4.68 Å². The molecule has 0 saturated carbocycles. The maximum absolute atomic E-state index is 12.1. The highest BCUT2D eigenvalue weighted by atomic mass is 32.2. The fraction of sp³-hybridized carbons (Fsp3) is 0.467. The maximum atomic E-state index is 12.1. The van der Waals surface area contributed by atoms with Crippen molar-refractivity contribution < 1.29 is 9.53 Å². The number of hydrogen-bond donors (Lipinski definition) is 1. The van der Waals surface area contributed by atoms with Gasteiger partial charge in [0.25, 0.3) is 0 Å². The molecule has 0 fully saturated rings. The van der Waals surface area contributed by atoms with Gasteiger partial charge in [0.05, 0.1) is 10.9 Å². The van der Waals surface area contributed by atoms with Gasteiger partial charge >= 0.3 is 0 Å². The molecule has 124 valence electrons. The smallest absolute Gasteiger partial charge is 0.233 e. The number of nitrogens with one attached hydrogen (secondary N) is 1. The Morgan fingerprint density at radius 2 is 2.17 bits per heavy atom. The van der Waals surface area contributed by atoms with Crippen LogP contribution in [0.1, 0.15) is 20.3 Å². The molecule has 1 heterocycles. The van der Waals surface area contributed by atoms with Crippen molar-refractivity contribution >= 4 is 17.7 Å². The molecule has 0 bridgehead atoms. The number of carbonyl (C=O) groups excluding carboxylic acids is 1. The molecular weight excluding hydrogens is 314 g/mol. The van der Waals surface area contributed by atoms with Crippen LogP contribution in [0.15, 0.2) is 35.5 Å². The predicted octanol–water partition coefficient (Wildman–Crippen LogP) is 1.69. The van der Waals surface area contributed by atoms with Gasteiger partial charge in [-0.15, -0.1) is 5.10 Å². The monoisotopic (exact) mass is 335 g/mol. The van der Waals surface area contributed by atoms with Crippen LogP contribution in [0.4, 0.5) is 0 Å². The van der Waals surface area contributed by atoms with Crippen LogP contribution in [-0.4, -0.2) is 51.1 Å². The fourth-order valence-electron chi connectivity index (χ4n) is 1.87. The number of ether oxygens (including phenoxy) is 1. The van der Waals surface area contributed by atoms with Crippen molar-refractivity contribution in [1.82, 2.24) is 25.5 Å². The molecule has 1 aromatic carbocycles. The average Bonchev–Trinajstić information content (AvgIpc) is 3.03. The van der Waals surface area contributed by atoms with Crippen molar-refractivity contribution in [2.75, 3.05) is 19.8 Å². The minimum absolute atomic E-state index is 0.0332. The van der Waals surface area contributed by atoms with Crippen LogP contribution in [0.3, 0.4) is 0 Å². The van der Waals surface area contributed by atoms with Crippen LogP contribution in [0.2, 0.25) is 0 Å². The van der Waals surface area contributed by atoms with Crippen molar-refractivity contribution in [3.05, 3.63) is 30.3 Å². The van der Waals surface area contributed by atoms with Gasteiger partial charge in [-0.25, -0.2) is 0 Å². The molecule has 1 atom stereocenters. The number of aromatic nitrogens is 4. The van der Waals surface area contributed by atoms with E-state index in [0.29, 0.717) is 24.9 Å². The van der Waals surface area contributed by atoms with E-state index in [1.54, 1.807) is 4.68 Å². The van der Waals surface area contributed by atoms with Crippen LogP contribution < -0.4 is 5.32 Å². The Morgan fingerprint density at radius 1 is 1.39 bits per heavy atom. The second kappa shape index (κ2) is 9.26. The molecule has 1 aromatic heterocycles. The van der Waals surface area contributed by atoms with Crippen molar-refractivity contribution in [2.24, 2.45) is 0 Å². The number of thioether (sulfide) groups is 1. The standard InChI is InChI=1S/C15H21N5O2S/c1-3-22-11-7-10-16-14(21)12(2)23-15-17-18-19-20(15)13-8-5-4-6-9-13/h4-6,8-9,12H,3,7,10-11H2,1-2H3,(H,16,21). The Labute approximate surface area is 139 Å². The summed E-state index contributed by atoms with van der Waals surface area (Å²) in [6.07, 6.45) is 0.804. The summed E-state index contributed by atoms with van der Waals surface area (Å²) < 4.78 is 6.87. The van der Waals surface area contributed by atoms with E-state index < -0.39 is 0 Å². The Balaban J connectivity index is 1.87. The molecule has 2 rings (SSSR count). The van der Waals surface area contributed by atoms with Gasteiger partial charge in [-0.1, -0.05) is 30.0 Å². The molecule has 0 aliphatic carbocycles. The van der Waals surface area contributed by atoms with Crippen molar-refractivity contribution in [2.45, 2.75) is 30.7 Å². The first-order valence-corrected chi connectivity index (χ1v) is 8.46. The van der Waals surface area contributed by atoms with Gasteiger partial charge in [0, 0.05) is 19.8 Å². The average molecular weight is 335 g/mol. The van der Waals surface area contributed by atoms with Crippen molar-refractivity contribution in [3.8, 4) is 5.69 Å². The third kappa shape index (κ3) is 5.33. The van der Waals surface area contributed by atoms with Crippen LogP contribution in [0.25, 0.3) is 5.69 Å². The Kier molecular flexibility index (Phi) is 7.02. The summed E-state index contributed by atoms with van der Waals surface area (Å²) in [6, 6.07) is 9.59. The fourth-order valence-corrected chi connectivity index (χ4v) is 2.70. The lowest BCUT2D eigenvalue weighted by Crippen LogP contribution is -2.32. The van der Waals surface area contributed by atoms with E-state index in [1.165, 1.54) is 11.8 Å². The number of benzene rings is 1. The third-order valence-corrected chi connectivity index (χ3v) is 4.09. The third-order valence-electron chi connectivity index (χ3n) is 3.06. The van der Waals surface area contributed by atoms with E-state index in [0.717, 1.165) is 12.1 Å². The number of nitrogens with zero attached hydrogens (tertiary/aromatic N) is 4. The summed E-state index contributed by atoms with van der Waals surface area (Å²) in [7, 11) is 0. The summed E-state index contributed by atoms with van der Waals surface area (Å²) in [5.41, 5.74) is 0.865. The number of carbonyl (C=O) groups is 1. The summed E-state index contributed by atoms with van der Waals surface area (Å²) >= 11 is 1.33. The Morgan fingerprint density at radius 3 is 2.91 bits per heavy atom. The highest BCUT2D eigenvalue weighted by Gasteiger charge is 2.18. The minimum atomic E-state index is -0.282. The lowest BCUT2D eigenvalue weighted by atomic mass is 10.3. The zero-order chi connectivity index (χ0) is 16.5. The van der Waals surface area contributed by atoms with Crippen LogP contribution in [0, 0.1) is 0 Å². The van der Waals surface area contributed by atoms with Crippen LogP contribution >= 0.6 is 11.8 Å². The van der Waals surface area contributed by atoms with Gasteiger partial charge in [0.2, 0.25) is 11.1 Å². The SMILES string of the molecule is CCOCCCNC(=O)C(C)Sc1nnnn1-c1ccccc1. The molecule has 0 aliphatic heterocycles. The molecule has 23 heavy (non-hydrogen) atoms. The molecule has 0 saturated heterocycles. The largest absolute Gasteiger partial charge is 0.382 e. The number of para-hydroxylation sites is 1. The van der Waals surface area contributed by atoms with Crippen LogP contribution in [0.5, 0.6) is 0 Å². The second-order valence-corrected chi connectivity index (χ2v) is 6.12. The molecule has 2 aromatic rings. The summed E-state index contributed by atoms with van der Waals surface area (Å²) in [4.78, 5) is 12.1. The Bertz CT molecular complexity index is 605. The molecule has 1 N–H and O–H groups in total. The van der Waals surface area contributed by atoms with E-state index in [9.17, 15) is 4.79 Å². The first-order valence-electron chi connectivity index (χ1n) is 7.58. The quantitative estimate of drug-likeness (QED) is 0.555. The highest BCUT2D eigenvalue weighted by Crippen LogP contribution is 2.22. The topological polar surface area (TPSA) is 81.9 Å². The van der Waals surface area contributed by atoms with Gasteiger partial charge in [0.1, 0.15) is 0 Å². The predicted molar refractivity (Wildman–Crippen MR) is 88.6 cm³/mol. The first-order chi connectivity index (χ1) is 11.2. The zero-order valence-corrected chi connectivity index (χ0v) is 14.1. The van der Waals surface area contributed by atoms with Gasteiger partial charge in [-0.05, 0) is 42.8 Å². The molecule has 0 spiro atoms. The van der Waals surface area contributed by atoms with E-state index in [1.807, 2.05) is 44.2 Å². The van der Waals surface area contributed by atoms with Crippen LogP contribution in [-0.2, 0) is 9.53 Å². The van der Waals surface area contributed by atoms with Gasteiger partial charge in [-0.3, -0.25) is 4.79 Å². The lowest BCUT2D eigenvalue weighted by Gasteiger charge is -2.11. The van der Waals surface area contributed by atoms with Crippen molar-refractivity contribution in [1.29, 1.82) is 0 Å². The number of amides is 1. The highest BCUT2D eigenvalue weighted by molar-refractivity contribution is 8.00. The van der Waals surface area contributed by atoms with E-state index in [2.05, 4.69) is 20.8 Å². The number of rotatable bonds is 9. The van der Waals surface area contributed by atoms with Gasteiger partial charge in [0.15, 0.2) is 0 Å². The first kappa shape index (κ1) is 17.4. The van der Waals surface area contributed by atoms with Gasteiger partial charge < -0.3 is 10.1 Å². The summed E-state index contributed by atoms with van der Waals surface area (Å²) in [5, 5.41) is 14.9. The lowest BCUT2D eigenvalue weighted by molar-refractivity contribution is -0.120. The summed E-state index contributed by atoms with van der Waals surface area (Å²) in [6.45, 7) is 5.75. The molecule has 7 nitrogen and oxygen atoms in total. The molecule has 0 aliphatic rings. The number of tetrazole rings is 1. The maximum Gasteiger partial charge on any atom is 0.233 e. The molecule has 0 radical (unpaired) electrons. The molecule has 8 heteroatoms. The molecule has 1 unspecified atom stereocenters. The van der Waals surface area contributed by atoms with E-state index in [-0.39, 0.29) is 11.2 Å². The second-order valence-electron chi connectivity index (χ2n) is 4.81. The number of hydrogen-bond acceptors (Lipinski definition) is 6. The van der Waals surface area contributed by atoms with E-state index in [4.69, 9.17) is 4.74 Å². The normalized spacial score (nSPS) is 12.1. The Hall–Kier alpha value is -1.93. The summed E-state index contributed by atoms with van der Waals surface area (Å²) in [5.74, 6) is -0.0332. The molecular formula is C15H21N5O2S. The van der Waals surface area contributed by atoms with E-state index >= 15 is 0 Å². The minimum Gasteiger partial charge on any atom is -0.382 e. The zero-order valence-electron chi connectivity index (χ0n) is 13.3. The molecule has 1 amide bonds. The van der Waals surface area contributed by atoms with Crippen molar-refractivity contribution in [3.63, 3.8) is 0 Å².